The molecule has 0 bridgehead atoms. The van der Waals surface area contributed by atoms with Crippen molar-refractivity contribution < 1.29 is 28.8 Å². The Labute approximate surface area is 194 Å². The van der Waals surface area contributed by atoms with Crippen molar-refractivity contribution in [3.63, 3.8) is 0 Å². The Morgan fingerprint density at radius 1 is 0.938 bits per heavy atom. The van der Waals surface area contributed by atoms with Crippen molar-refractivity contribution in [2.75, 3.05) is 46.2 Å². The molecular formula is C26H44O6. The van der Waals surface area contributed by atoms with Crippen LogP contribution >= 0.6 is 0 Å². The van der Waals surface area contributed by atoms with E-state index in [0.717, 1.165) is 37.7 Å². The summed E-state index contributed by atoms with van der Waals surface area (Å²) in [7, 11) is 0. The number of aliphatic hydroxyl groups is 1. The van der Waals surface area contributed by atoms with Crippen LogP contribution in [0.25, 0.3) is 0 Å². The molecule has 1 heterocycles. The van der Waals surface area contributed by atoms with Crippen molar-refractivity contribution in [2.45, 2.75) is 77.8 Å². The number of benzene rings is 1. The van der Waals surface area contributed by atoms with Gasteiger partial charge in [0.25, 0.3) is 0 Å². The molecule has 184 valence electrons. The number of aliphatic hydroxyl groups excluding tert-OH is 1. The van der Waals surface area contributed by atoms with Gasteiger partial charge in [0.1, 0.15) is 0 Å². The molecule has 1 saturated heterocycles. The first-order chi connectivity index (χ1) is 15.7. The summed E-state index contributed by atoms with van der Waals surface area (Å²) in [5, 5.41) is 8.75. The monoisotopic (exact) mass is 452 g/mol. The highest BCUT2D eigenvalue weighted by molar-refractivity contribution is 5.19. The van der Waals surface area contributed by atoms with E-state index in [1.54, 1.807) is 0 Å². The molecule has 1 aromatic carbocycles. The van der Waals surface area contributed by atoms with Crippen molar-refractivity contribution in [1.29, 1.82) is 0 Å². The van der Waals surface area contributed by atoms with Crippen LogP contribution in [0.2, 0.25) is 0 Å². The van der Waals surface area contributed by atoms with Crippen molar-refractivity contribution >= 4 is 0 Å². The Hall–Kier alpha value is -1.02. The smallest absolute Gasteiger partial charge is 0.312 e. The van der Waals surface area contributed by atoms with Gasteiger partial charge in [-0.2, -0.15) is 0 Å². The molecule has 3 unspecified atom stereocenters. The summed E-state index contributed by atoms with van der Waals surface area (Å²) in [6, 6.07) is 9.97. The van der Waals surface area contributed by atoms with E-state index in [1.807, 2.05) is 30.3 Å². The maximum atomic E-state index is 8.75. The Morgan fingerprint density at radius 2 is 1.62 bits per heavy atom. The lowest BCUT2D eigenvalue weighted by Crippen LogP contribution is -2.55. The molecule has 0 amide bonds. The predicted octanol–water partition coefficient (Wildman–Crippen LogP) is 5.03. The van der Waals surface area contributed by atoms with Gasteiger partial charge in [0.2, 0.25) is 0 Å². The Kier molecular flexibility index (Phi) is 12.8. The average Bonchev–Trinajstić information content (AvgIpc) is 2.84. The normalized spacial score (nSPS) is 25.8. The molecular weight excluding hydrogens is 408 g/mol. The third-order valence-corrected chi connectivity index (χ3v) is 6.34. The predicted molar refractivity (Wildman–Crippen MR) is 125 cm³/mol. The van der Waals surface area contributed by atoms with Crippen LogP contribution < -0.4 is 0 Å². The van der Waals surface area contributed by atoms with Gasteiger partial charge in [-0.15, -0.1) is 0 Å². The summed E-state index contributed by atoms with van der Waals surface area (Å²) in [6.45, 7) is 9.37. The van der Waals surface area contributed by atoms with Gasteiger partial charge in [0.05, 0.1) is 52.4 Å². The maximum Gasteiger partial charge on any atom is 0.312 e. The minimum Gasteiger partial charge on any atom is -0.394 e. The molecule has 0 aromatic heterocycles. The van der Waals surface area contributed by atoms with Crippen LogP contribution in [0.4, 0.5) is 0 Å². The lowest BCUT2D eigenvalue weighted by molar-refractivity contribution is -0.453. The van der Waals surface area contributed by atoms with E-state index in [4.69, 9.17) is 28.8 Å². The van der Waals surface area contributed by atoms with Gasteiger partial charge in [0, 0.05) is 11.0 Å². The first kappa shape index (κ1) is 27.2. The second kappa shape index (κ2) is 15.0. The Balaban J connectivity index is 2.10. The molecule has 0 saturated carbocycles. The fourth-order valence-corrected chi connectivity index (χ4v) is 4.28. The van der Waals surface area contributed by atoms with Crippen molar-refractivity contribution in [3.8, 4) is 0 Å². The van der Waals surface area contributed by atoms with Crippen LogP contribution in [0.1, 0.15) is 71.3 Å². The molecule has 1 fully saturated rings. The van der Waals surface area contributed by atoms with E-state index in [0.29, 0.717) is 39.6 Å². The molecule has 6 nitrogen and oxygen atoms in total. The van der Waals surface area contributed by atoms with E-state index in [9.17, 15) is 0 Å². The van der Waals surface area contributed by atoms with Crippen LogP contribution in [0.5, 0.6) is 0 Å². The third-order valence-electron chi connectivity index (χ3n) is 6.34. The van der Waals surface area contributed by atoms with Crippen molar-refractivity contribution in [3.05, 3.63) is 35.9 Å². The summed E-state index contributed by atoms with van der Waals surface area (Å²) in [5.41, 5.74) is 0.904. The van der Waals surface area contributed by atoms with E-state index < -0.39 is 5.97 Å². The van der Waals surface area contributed by atoms with Gasteiger partial charge in [0.15, 0.2) is 0 Å². The van der Waals surface area contributed by atoms with Gasteiger partial charge in [-0.05, 0) is 19.3 Å². The van der Waals surface area contributed by atoms with E-state index in [-0.39, 0.29) is 18.1 Å². The number of ether oxygens (including phenoxy) is 5. The summed E-state index contributed by atoms with van der Waals surface area (Å²) in [6.07, 6.45) is 7.84. The van der Waals surface area contributed by atoms with Gasteiger partial charge in [-0.3, -0.25) is 0 Å². The maximum absolute atomic E-state index is 8.75. The zero-order valence-corrected chi connectivity index (χ0v) is 20.4. The van der Waals surface area contributed by atoms with Gasteiger partial charge in [-0.25, -0.2) is 0 Å². The average molecular weight is 453 g/mol. The summed E-state index contributed by atoms with van der Waals surface area (Å²) in [5.74, 6) is -1.21. The van der Waals surface area contributed by atoms with Crippen molar-refractivity contribution in [2.24, 2.45) is 5.41 Å². The Bertz CT molecular complexity index is 597. The molecule has 2 rings (SSSR count). The first-order valence-corrected chi connectivity index (χ1v) is 12.4. The summed E-state index contributed by atoms with van der Waals surface area (Å²) in [4.78, 5) is 0. The van der Waals surface area contributed by atoms with Gasteiger partial charge in [-0.1, -0.05) is 76.8 Å². The second-order valence-corrected chi connectivity index (χ2v) is 8.58. The zero-order chi connectivity index (χ0) is 23.1. The molecule has 6 heteroatoms. The van der Waals surface area contributed by atoms with Crippen LogP contribution in [-0.2, 0) is 29.7 Å². The molecule has 1 aliphatic rings. The number of hydrogen-bond donors (Lipinski definition) is 1. The molecule has 1 aromatic rings. The molecule has 32 heavy (non-hydrogen) atoms. The van der Waals surface area contributed by atoms with Crippen LogP contribution in [0.3, 0.4) is 0 Å². The highest BCUT2D eigenvalue weighted by Crippen LogP contribution is 2.47. The molecule has 1 N–H and O–H groups in total. The minimum absolute atomic E-state index is 0.0212. The fourth-order valence-electron chi connectivity index (χ4n) is 4.28. The molecule has 0 aliphatic carbocycles. The standard InChI is InChI=1S/C26H44O6/c1-4-7-14-24-25(6-3,15-8-5-2)22-31-26(32-24,23-12-10-9-11-13-23)30-21-20-29-19-18-28-17-16-27/h9-13,24,27H,4-8,14-22H2,1-3H3. The number of hydrogen-bond acceptors (Lipinski definition) is 6. The second-order valence-electron chi connectivity index (χ2n) is 8.58. The minimum atomic E-state index is -1.21. The lowest BCUT2D eigenvalue weighted by Gasteiger charge is -2.51. The first-order valence-electron chi connectivity index (χ1n) is 12.4. The third kappa shape index (κ3) is 7.79. The van der Waals surface area contributed by atoms with E-state index >= 15 is 0 Å². The summed E-state index contributed by atoms with van der Waals surface area (Å²) < 4.78 is 30.4. The van der Waals surface area contributed by atoms with Crippen LogP contribution in [0, 0.1) is 5.41 Å². The molecule has 0 radical (unpaired) electrons. The highest BCUT2D eigenvalue weighted by atomic mass is 16.9. The number of unbranched alkanes of at least 4 members (excludes halogenated alkanes) is 2. The van der Waals surface area contributed by atoms with Crippen LogP contribution in [0.15, 0.2) is 30.3 Å². The largest absolute Gasteiger partial charge is 0.394 e. The number of rotatable bonds is 17. The Morgan fingerprint density at radius 3 is 2.28 bits per heavy atom. The van der Waals surface area contributed by atoms with Gasteiger partial charge >= 0.3 is 5.97 Å². The fraction of sp³-hybridized carbons (Fsp3) is 0.769. The topological polar surface area (TPSA) is 66.4 Å². The van der Waals surface area contributed by atoms with Crippen molar-refractivity contribution in [1.82, 2.24) is 0 Å². The highest BCUT2D eigenvalue weighted by Gasteiger charge is 2.51. The van der Waals surface area contributed by atoms with E-state index in [1.165, 1.54) is 12.8 Å². The van der Waals surface area contributed by atoms with Crippen LogP contribution in [-0.4, -0.2) is 57.5 Å². The lowest BCUT2D eigenvalue weighted by atomic mass is 9.73. The van der Waals surface area contributed by atoms with Gasteiger partial charge < -0.3 is 28.8 Å². The molecule has 0 spiro atoms. The zero-order valence-electron chi connectivity index (χ0n) is 20.4. The summed E-state index contributed by atoms with van der Waals surface area (Å²) >= 11 is 0. The molecule has 1 aliphatic heterocycles. The SMILES string of the molecule is CCCCC1OC(OCCOCCOCCO)(c2ccccc2)OCC1(CC)CCCC. The molecule has 3 atom stereocenters. The van der Waals surface area contributed by atoms with E-state index in [2.05, 4.69) is 20.8 Å². The quantitative estimate of drug-likeness (QED) is 0.334.